The van der Waals surface area contributed by atoms with Crippen LogP contribution in [0.25, 0.3) is 0 Å². The van der Waals surface area contributed by atoms with E-state index in [0.717, 1.165) is 11.3 Å². The van der Waals surface area contributed by atoms with Gasteiger partial charge in [-0.15, -0.1) is 0 Å². The van der Waals surface area contributed by atoms with E-state index in [0.29, 0.717) is 0 Å². The average Bonchev–Trinajstić information content (AvgIpc) is 2.37. The van der Waals surface area contributed by atoms with Crippen LogP contribution in [-0.4, -0.2) is 11.1 Å². The first kappa shape index (κ1) is 18.0. The first-order chi connectivity index (χ1) is 9.37. The van der Waals surface area contributed by atoms with Gasteiger partial charge in [0.15, 0.2) is 0 Å². The molecule has 3 heteroatoms. The van der Waals surface area contributed by atoms with Gasteiger partial charge in [-0.3, -0.25) is 0 Å². The van der Waals surface area contributed by atoms with E-state index >= 15 is 0 Å². The Morgan fingerprint density at radius 2 is 1.90 bits per heavy atom. The van der Waals surface area contributed by atoms with Crippen molar-refractivity contribution in [2.24, 2.45) is 0 Å². The van der Waals surface area contributed by atoms with Crippen LogP contribution in [0.2, 0.25) is 0 Å². The van der Waals surface area contributed by atoms with Crippen molar-refractivity contribution in [3.63, 3.8) is 0 Å². The number of benzene rings is 1. The number of hydrogen-bond acceptors (Lipinski definition) is 2. The summed E-state index contributed by atoms with van der Waals surface area (Å²) in [5, 5.41) is 8.86. The lowest BCUT2D eigenvalue weighted by molar-refractivity contribution is -0.132. The molecule has 1 aromatic carbocycles. The summed E-state index contributed by atoms with van der Waals surface area (Å²) in [6.45, 7) is 13.5. The lowest BCUT2D eigenvalue weighted by Crippen LogP contribution is -2.11. The summed E-state index contributed by atoms with van der Waals surface area (Å²) in [6.07, 6.45) is 4.41. The molecule has 1 N–H and O–H groups in total. The first-order valence-corrected chi connectivity index (χ1v) is 6.77. The van der Waals surface area contributed by atoms with Crippen molar-refractivity contribution >= 4 is 11.7 Å². The van der Waals surface area contributed by atoms with Crippen molar-refractivity contribution < 1.29 is 9.90 Å². The maximum Gasteiger partial charge on any atom is 0.332 e. The summed E-state index contributed by atoms with van der Waals surface area (Å²) < 4.78 is 0. The molecular weight excluding hydrogens is 250 g/mol. The van der Waals surface area contributed by atoms with Gasteiger partial charge in [0.25, 0.3) is 0 Å². The Bertz CT molecular complexity index is 490. The summed E-state index contributed by atoms with van der Waals surface area (Å²) in [5.41, 5.74) is 3.46. The number of carboxylic acid groups (broad SMARTS) is 1. The molecule has 0 radical (unpaired) electrons. The molecule has 20 heavy (non-hydrogen) atoms. The topological polar surface area (TPSA) is 40.5 Å². The quantitative estimate of drug-likeness (QED) is 0.812. The number of aryl methyl sites for hydroxylation is 2. The Morgan fingerprint density at radius 3 is 2.30 bits per heavy atom. The van der Waals surface area contributed by atoms with Crippen LogP contribution < -0.4 is 4.90 Å². The molecule has 0 amide bonds. The molecule has 0 aromatic heterocycles. The highest BCUT2D eigenvalue weighted by Crippen LogP contribution is 2.22. The van der Waals surface area contributed by atoms with E-state index in [1.54, 1.807) is 24.2 Å². The normalized spacial score (nSPS) is 10.3. The molecule has 0 unspecified atom stereocenters. The minimum absolute atomic E-state index is 0.268. The molecule has 0 saturated carbocycles. The molecule has 1 rings (SSSR count). The third kappa shape index (κ3) is 5.74. The van der Waals surface area contributed by atoms with Gasteiger partial charge in [0.2, 0.25) is 0 Å². The summed E-state index contributed by atoms with van der Waals surface area (Å²) in [5.74, 6) is -0.929. The van der Waals surface area contributed by atoms with E-state index in [9.17, 15) is 4.79 Å². The fourth-order valence-corrected chi connectivity index (χ4v) is 1.58. The number of aliphatic carboxylic acids is 1. The van der Waals surface area contributed by atoms with Crippen molar-refractivity contribution in [3.8, 4) is 0 Å². The molecule has 1 aromatic rings. The van der Waals surface area contributed by atoms with Crippen molar-refractivity contribution in [2.75, 3.05) is 4.90 Å². The number of anilines is 1. The van der Waals surface area contributed by atoms with Gasteiger partial charge in [0.1, 0.15) is 0 Å². The molecule has 0 aliphatic rings. The zero-order valence-electron chi connectivity index (χ0n) is 13.1. The molecule has 0 aliphatic carbocycles. The van der Waals surface area contributed by atoms with Crippen LogP contribution in [-0.2, 0) is 4.79 Å². The fourth-order valence-electron chi connectivity index (χ4n) is 1.58. The van der Waals surface area contributed by atoms with Crippen molar-refractivity contribution in [1.29, 1.82) is 0 Å². The Balaban J connectivity index is 0.00000110. The van der Waals surface area contributed by atoms with Crippen LogP contribution in [0.4, 0.5) is 5.69 Å². The highest BCUT2D eigenvalue weighted by atomic mass is 16.4. The number of carboxylic acids is 1. The van der Waals surface area contributed by atoms with Gasteiger partial charge in [-0.25, -0.2) is 4.79 Å². The van der Waals surface area contributed by atoms with Crippen LogP contribution >= 0.6 is 0 Å². The van der Waals surface area contributed by atoms with E-state index in [4.69, 9.17) is 5.11 Å². The van der Waals surface area contributed by atoms with Crippen LogP contribution in [0.1, 0.15) is 38.3 Å². The third-order valence-electron chi connectivity index (χ3n) is 2.50. The Labute approximate surface area is 122 Å². The summed E-state index contributed by atoms with van der Waals surface area (Å²) in [7, 11) is 0. The summed E-state index contributed by atoms with van der Waals surface area (Å²) in [4.78, 5) is 12.5. The monoisotopic (exact) mass is 275 g/mol. The van der Waals surface area contributed by atoms with Gasteiger partial charge >= 0.3 is 5.97 Å². The SMILES string of the molecule is C=CN(/C=C(\C)C(=O)O)c1ccc(C)cc1C.CCC. The molecule has 0 heterocycles. The number of carbonyl (C=O) groups is 1. The van der Waals surface area contributed by atoms with Gasteiger partial charge < -0.3 is 10.0 Å². The van der Waals surface area contributed by atoms with Crippen LogP contribution in [0.5, 0.6) is 0 Å². The zero-order valence-corrected chi connectivity index (χ0v) is 13.1. The second kappa shape index (κ2) is 8.97. The van der Waals surface area contributed by atoms with E-state index < -0.39 is 5.97 Å². The zero-order chi connectivity index (χ0) is 15.7. The second-order valence-corrected chi connectivity index (χ2v) is 4.70. The molecular formula is C17H25NO2. The maximum atomic E-state index is 10.8. The molecule has 0 spiro atoms. The molecule has 0 fully saturated rings. The minimum Gasteiger partial charge on any atom is -0.478 e. The average molecular weight is 275 g/mol. The Morgan fingerprint density at radius 1 is 1.35 bits per heavy atom. The van der Waals surface area contributed by atoms with E-state index in [1.807, 2.05) is 26.0 Å². The highest BCUT2D eigenvalue weighted by molar-refractivity contribution is 5.86. The smallest absolute Gasteiger partial charge is 0.332 e. The van der Waals surface area contributed by atoms with Crippen molar-refractivity contribution in [1.82, 2.24) is 0 Å². The largest absolute Gasteiger partial charge is 0.478 e. The summed E-state index contributed by atoms with van der Waals surface area (Å²) in [6, 6.07) is 6.00. The molecule has 0 saturated heterocycles. The lowest BCUT2D eigenvalue weighted by atomic mass is 10.1. The predicted molar refractivity (Wildman–Crippen MR) is 85.9 cm³/mol. The van der Waals surface area contributed by atoms with Crippen molar-refractivity contribution in [3.05, 3.63) is 53.9 Å². The molecule has 0 atom stereocenters. The Hall–Kier alpha value is -2.03. The third-order valence-corrected chi connectivity index (χ3v) is 2.50. The number of rotatable bonds is 4. The van der Waals surface area contributed by atoms with E-state index in [-0.39, 0.29) is 5.57 Å². The molecule has 0 aliphatic heterocycles. The molecule has 110 valence electrons. The van der Waals surface area contributed by atoms with Crippen LogP contribution in [0.3, 0.4) is 0 Å². The second-order valence-electron chi connectivity index (χ2n) is 4.70. The molecule has 3 nitrogen and oxygen atoms in total. The molecule has 0 bridgehead atoms. The highest BCUT2D eigenvalue weighted by Gasteiger charge is 2.07. The number of hydrogen-bond donors (Lipinski definition) is 1. The Kier molecular flexibility index (Phi) is 8.06. The van der Waals surface area contributed by atoms with Gasteiger partial charge in [0, 0.05) is 18.1 Å². The van der Waals surface area contributed by atoms with Crippen LogP contribution in [0, 0.1) is 13.8 Å². The number of nitrogens with zero attached hydrogens (tertiary/aromatic N) is 1. The predicted octanol–water partition coefficient (Wildman–Crippen LogP) is 4.66. The van der Waals surface area contributed by atoms with Gasteiger partial charge in [-0.2, -0.15) is 0 Å². The van der Waals surface area contributed by atoms with Gasteiger partial charge in [-0.1, -0.05) is 44.5 Å². The lowest BCUT2D eigenvalue weighted by Gasteiger charge is -2.18. The van der Waals surface area contributed by atoms with E-state index in [1.165, 1.54) is 12.0 Å². The summed E-state index contributed by atoms with van der Waals surface area (Å²) >= 11 is 0. The van der Waals surface area contributed by atoms with Crippen LogP contribution in [0.15, 0.2) is 42.8 Å². The van der Waals surface area contributed by atoms with Gasteiger partial charge in [-0.05, 0) is 32.4 Å². The first-order valence-electron chi connectivity index (χ1n) is 6.77. The fraction of sp³-hybridized carbons (Fsp3) is 0.353. The maximum absolute atomic E-state index is 10.8. The minimum atomic E-state index is -0.929. The van der Waals surface area contributed by atoms with Crippen molar-refractivity contribution in [2.45, 2.75) is 41.0 Å². The van der Waals surface area contributed by atoms with E-state index in [2.05, 4.69) is 26.5 Å². The standard InChI is InChI=1S/C14H17NO2.C3H8/c1-5-15(9-12(4)14(16)17)13-7-6-10(2)8-11(13)3;1-3-2/h5-9H,1H2,2-4H3,(H,16,17);3H2,1-2H3/b12-9+;. The van der Waals surface area contributed by atoms with Gasteiger partial charge in [0.05, 0.1) is 5.57 Å².